The van der Waals surface area contributed by atoms with Crippen molar-refractivity contribution in [3.05, 3.63) is 34.9 Å². The van der Waals surface area contributed by atoms with Crippen molar-refractivity contribution in [2.75, 3.05) is 19.7 Å². The lowest BCUT2D eigenvalue weighted by Gasteiger charge is -2.39. The van der Waals surface area contributed by atoms with Gasteiger partial charge in [-0.25, -0.2) is 0 Å². The van der Waals surface area contributed by atoms with E-state index in [1.165, 1.54) is 11.3 Å². The number of nitrogens with zero attached hydrogens (tertiary/aromatic N) is 1. The zero-order valence-electron chi connectivity index (χ0n) is 13.0. The van der Waals surface area contributed by atoms with Crippen LogP contribution in [0, 0.1) is 12.3 Å². The standard InChI is InChI=1S/C17H21NO3S/c1-12-4-5-13(21-12)14-6-7-15(22-14)16(20)18-9-3-8-17(2,10-18)11-19/h4-7,19H,3,8-11H2,1-2H3. The molecule has 3 heterocycles. The average Bonchev–Trinajstić information content (AvgIpc) is 3.15. The van der Waals surface area contributed by atoms with E-state index in [2.05, 4.69) is 0 Å². The molecule has 1 fully saturated rings. The van der Waals surface area contributed by atoms with Gasteiger partial charge in [-0.3, -0.25) is 4.79 Å². The fourth-order valence-corrected chi connectivity index (χ4v) is 3.86. The number of carbonyl (C=O) groups is 1. The summed E-state index contributed by atoms with van der Waals surface area (Å²) in [6.07, 6.45) is 1.91. The molecule has 0 saturated carbocycles. The highest BCUT2D eigenvalue weighted by molar-refractivity contribution is 7.17. The summed E-state index contributed by atoms with van der Waals surface area (Å²) in [6, 6.07) is 7.66. The maximum Gasteiger partial charge on any atom is 0.263 e. The predicted octanol–water partition coefficient (Wildman–Crippen LogP) is 3.55. The van der Waals surface area contributed by atoms with Gasteiger partial charge in [0.05, 0.1) is 16.4 Å². The lowest BCUT2D eigenvalue weighted by Crippen LogP contribution is -2.46. The first-order valence-electron chi connectivity index (χ1n) is 7.57. The smallest absolute Gasteiger partial charge is 0.263 e. The molecule has 2 aromatic rings. The van der Waals surface area contributed by atoms with Gasteiger partial charge in [-0.05, 0) is 44.0 Å². The van der Waals surface area contributed by atoms with Crippen LogP contribution >= 0.6 is 11.3 Å². The van der Waals surface area contributed by atoms with E-state index in [-0.39, 0.29) is 17.9 Å². The molecule has 1 atom stereocenters. The third-order valence-corrected chi connectivity index (χ3v) is 5.34. The van der Waals surface area contributed by atoms with Crippen LogP contribution in [0.3, 0.4) is 0 Å². The first-order valence-corrected chi connectivity index (χ1v) is 8.39. The van der Waals surface area contributed by atoms with E-state index in [1.807, 2.05) is 43.0 Å². The van der Waals surface area contributed by atoms with Crippen LogP contribution in [-0.4, -0.2) is 35.6 Å². The van der Waals surface area contributed by atoms with Gasteiger partial charge >= 0.3 is 0 Å². The van der Waals surface area contributed by atoms with Crippen LogP contribution in [0.2, 0.25) is 0 Å². The second-order valence-electron chi connectivity index (χ2n) is 6.37. The summed E-state index contributed by atoms with van der Waals surface area (Å²) in [6.45, 7) is 5.46. The lowest BCUT2D eigenvalue weighted by molar-refractivity contribution is 0.0361. The highest BCUT2D eigenvalue weighted by Crippen LogP contribution is 2.33. The minimum Gasteiger partial charge on any atom is -0.461 e. The van der Waals surface area contributed by atoms with Gasteiger partial charge in [0.2, 0.25) is 0 Å². The summed E-state index contributed by atoms with van der Waals surface area (Å²) in [4.78, 5) is 16.2. The molecule has 0 radical (unpaired) electrons. The Hall–Kier alpha value is -1.59. The molecular weight excluding hydrogens is 298 g/mol. The second-order valence-corrected chi connectivity index (χ2v) is 7.46. The highest BCUT2D eigenvalue weighted by Gasteiger charge is 2.33. The molecular formula is C17H21NO3S. The molecule has 1 unspecified atom stereocenters. The van der Waals surface area contributed by atoms with Gasteiger partial charge in [0, 0.05) is 18.5 Å². The molecule has 1 aliphatic heterocycles. The number of furan rings is 1. The van der Waals surface area contributed by atoms with Crippen molar-refractivity contribution >= 4 is 17.2 Å². The molecule has 118 valence electrons. The number of hydrogen-bond acceptors (Lipinski definition) is 4. The number of hydrogen-bond donors (Lipinski definition) is 1. The molecule has 0 spiro atoms. The van der Waals surface area contributed by atoms with Gasteiger partial charge in [0.15, 0.2) is 0 Å². The van der Waals surface area contributed by atoms with Crippen molar-refractivity contribution in [3.63, 3.8) is 0 Å². The first-order chi connectivity index (χ1) is 10.5. The van der Waals surface area contributed by atoms with Gasteiger partial charge in [-0.2, -0.15) is 0 Å². The molecule has 22 heavy (non-hydrogen) atoms. The predicted molar refractivity (Wildman–Crippen MR) is 87.1 cm³/mol. The number of amides is 1. The van der Waals surface area contributed by atoms with E-state index >= 15 is 0 Å². The van der Waals surface area contributed by atoms with E-state index in [0.717, 1.165) is 40.7 Å². The Bertz CT molecular complexity index is 675. The summed E-state index contributed by atoms with van der Waals surface area (Å²) in [5, 5.41) is 9.53. The van der Waals surface area contributed by atoms with Crippen molar-refractivity contribution < 1.29 is 14.3 Å². The fourth-order valence-electron chi connectivity index (χ4n) is 2.93. The Balaban J connectivity index is 1.77. The van der Waals surface area contributed by atoms with Crippen molar-refractivity contribution in [2.45, 2.75) is 26.7 Å². The summed E-state index contributed by atoms with van der Waals surface area (Å²) in [7, 11) is 0. The largest absolute Gasteiger partial charge is 0.461 e. The number of likely N-dealkylation sites (tertiary alicyclic amines) is 1. The highest BCUT2D eigenvalue weighted by atomic mass is 32.1. The van der Waals surface area contributed by atoms with E-state index in [0.29, 0.717) is 6.54 Å². The average molecular weight is 319 g/mol. The third-order valence-electron chi connectivity index (χ3n) is 4.25. The van der Waals surface area contributed by atoms with E-state index in [9.17, 15) is 9.90 Å². The molecule has 1 N–H and O–H groups in total. The Morgan fingerprint density at radius 2 is 2.23 bits per heavy atom. The van der Waals surface area contributed by atoms with Gasteiger partial charge in [0.1, 0.15) is 11.5 Å². The number of aliphatic hydroxyl groups is 1. The molecule has 2 aromatic heterocycles. The van der Waals surface area contributed by atoms with Crippen molar-refractivity contribution in [1.82, 2.24) is 4.90 Å². The molecule has 0 bridgehead atoms. The molecule has 1 amide bonds. The molecule has 1 saturated heterocycles. The van der Waals surface area contributed by atoms with E-state index in [1.54, 1.807) is 0 Å². The molecule has 5 heteroatoms. The van der Waals surface area contributed by atoms with Gasteiger partial charge < -0.3 is 14.4 Å². The number of aryl methyl sites for hydroxylation is 1. The summed E-state index contributed by atoms with van der Waals surface area (Å²) < 4.78 is 5.61. The van der Waals surface area contributed by atoms with Crippen molar-refractivity contribution in [3.8, 4) is 10.6 Å². The van der Waals surface area contributed by atoms with E-state index in [4.69, 9.17) is 4.42 Å². The van der Waals surface area contributed by atoms with Gasteiger partial charge in [0.25, 0.3) is 5.91 Å². The SMILES string of the molecule is Cc1ccc(-c2ccc(C(=O)N3CCCC(C)(CO)C3)s2)o1. The fraction of sp³-hybridized carbons (Fsp3) is 0.471. The number of aliphatic hydroxyl groups excluding tert-OH is 1. The normalized spacial score (nSPS) is 22.0. The topological polar surface area (TPSA) is 53.7 Å². The van der Waals surface area contributed by atoms with Crippen LogP contribution in [0.4, 0.5) is 0 Å². The summed E-state index contributed by atoms with van der Waals surface area (Å²) >= 11 is 1.46. The summed E-state index contributed by atoms with van der Waals surface area (Å²) in [5.74, 6) is 1.73. The van der Waals surface area contributed by atoms with Gasteiger partial charge in [-0.15, -0.1) is 11.3 Å². The van der Waals surface area contributed by atoms with Crippen LogP contribution in [0.25, 0.3) is 10.6 Å². The number of carbonyl (C=O) groups excluding carboxylic acids is 1. The number of piperidine rings is 1. The zero-order valence-corrected chi connectivity index (χ0v) is 13.8. The van der Waals surface area contributed by atoms with Crippen molar-refractivity contribution in [2.24, 2.45) is 5.41 Å². The van der Waals surface area contributed by atoms with E-state index < -0.39 is 0 Å². The quantitative estimate of drug-likeness (QED) is 0.941. The third kappa shape index (κ3) is 2.96. The van der Waals surface area contributed by atoms with Crippen LogP contribution in [0.1, 0.15) is 35.2 Å². The monoisotopic (exact) mass is 319 g/mol. The zero-order chi connectivity index (χ0) is 15.7. The molecule has 3 rings (SSSR count). The maximum atomic E-state index is 12.7. The molecule has 4 nitrogen and oxygen atoms in total. The second kappa shape index (κ2) is 5.89. The molecule has 0 aromatic carbocycles. The first kappa shape index (κ1) is 15.3. The van der Waals surface area contributed by atoms with Crippen LogP contribution in [0.5, 0.6) is 0 Å². The van der Waals surface area contributed by atoms with Crippen LogP contribution < -0.4 is 0 Å². The Kier molecular flexibility index (Phi) is 4.10. The minimum absolute atomic E-state index is 0.0545. The molecule has 0 aliphatic carbocycles. The van der Waals surface area contributed by atoms with Crippen LogP contribution in [-0.2, 0) is 0 Å². The molecule has 1 aliphatic rings. The lowest BCUT2D eigenvalue weighted by atomic mass is 9.83. The Morgan fingerprint density at radius 3 is 2.91 bits per heavy atom. The number of thiophene rings is 1. The maximum absolute atomic E-state index is 12.7. The number of rotatable bonds is 3. The summed E-state index contributed by atoms with van der Waals surface area (Å²) in [5.41, 5.74) is -0.174. The minimum atomic E-state index is -0.174. The Labute approximate surface area is 134 Å². The van der Waals surface area contributed by atoms with Gasteiger partial charge in [-0.1, -0.05) is 6.92 Å². The Morgan fingerprint density at radius 1 is 1.41 bits per heavy atom. The van der Waals surface area contributed by atoms with Crippen LogP contribution in [0.15, 0.2) is 28.7 Å². The van der Waals surface area contributed by atoms with Crippen molar-refractivity contribution in [1.29, 1.82) is 0 Å².